The monoisotopic (exact) mass is 248 g/mol. The lowest BCUT2D eigenvalue weighted by Crippen LogP contribution is -2.43. The number of aromatic nitrogens is 1. The van der Waals surface area contributed by atoms with E-state index >= 15 is 0 Å². The second-order valence-corrected chi connectivity index (χ2v) is 4.62. The Morgan fingerprint density at radius 3 is 3.00 bits per heavy atom. The van der Waals surface area contributed by atoms with Crippen molar-refractivity contribution in [3.8, 4) is 0 Å². The molecule has 4 nitrogen and oxygen atoms in total. The number of pyridine rings is 1. The average molecular weight is 248 g/mol. The molecule has 0 N–H and O–H groups in total. The molecule has 1 aromatic heterocycles. The maximum Gasteiger partial charge on any atom is 0.254 e. The first-order valence-corrected chi connectivity index (χ1v) is 6.62. The summed E-state index contributed by atoms with van der Waals surface area (Å²) in [5, 5.41) is 0. The molecule has 1 aliphatic rings. The predicted octanol–water partition coefficient (Wildman–Crippen LogP) is 2.11. The normalized spacial score (nSPS) is 19.8. The maximum atomic E-state index is 12.3. The Morgan fingerprint density at radius 1 is 1.50 bits per heavy atom. The minimum Gasteiger partial charge on any atom is -0.376 e. The number of ether oxygens (including phenoxy) is 1. The van der Waals surface area contributed by atoms with Gasteiger partial charge in [0.1, 0.15) is 0 Å². The van der Waals surface area contributed by atoms with Crippen LogP contribution in [0, 0.1) is 0 Å². The number of piperidine rings is 1. The predicted molar refractivity (Wildman–Crippen MR) is 69.4 cm³/mol. The average Bonchev–Trinajstić information content (AvgIpc) is 2.45. The van der Waals surface area contributed by atoms with Crippen molar-refractivity contribution in [1.29, 1.82) is 0 Å². The van der Waals surface area contributed by atoms with Gasteiger partial charge in [-0.05, 0) is 31.4 Å². The Balaban J connectivity index is 1.94. The van der Waals surface area contributed by atoms with E-state index in [1.165, 1.54) is 0 Å². The van der Waals surface area contributed by atoms with Gasteiger partial charge in [-0.3, -0.25) is 9.78 Å². The second kappa shape index (κ2) is 6.50. The van der Waals surface area contributed by atoms with Crippen LogP contribution in [0.25, 0.3) is 0 Å². The van der Waals surface area contributed by atoms with Gasteiger partial charge in [-0.15, -0.1) is 0 Å². The highest BCUT2D eigenvalue weighted by Crippen LogP contribution is 2.16. The summed E-state index contributed by atoms with van der Waals surface area (Å²) in [6.07, 6.45) is 6.61. The minimum atomic E-state index is 0.0854. The van der Waals surface area contributed by atoms with Crippen molar-refractivity contribution in [2.45, 2.75) is 32.3 Å². The molecule has 1 saturated heterocycles. The van der Waals surface area contributed by atoms with E-state index in [2.05, 4.69) is 11.9 Å². The van der Waals surface area contributed by atoms with Crippen LogP contribution < -0.4 is 0 Å². The summed E-state index contributed by atoms with van der Waals surface area (Å²) in [6.45, 7) is 4.42. The third-order valence-corrected chi connectivity index (χ3v) is 3.15. The highest BCUT2D eigenvalue weighted by molar-refractivity contribution is 5.94. The molecular weight excluding hydrogens is 228 g/mol. The number of nitrogens with zero attached hydrogens (tertiary/aromatic N) is 2. The smallest absolute Gasteiger partial charge is 0.254 e. The fourth-order valence-corrected chi connectivity index (χ4v) is 2.22. The van der Waals surface area contributed by atoms with Crippen molar-refractivity contribution in [1.82, 2.24) is 9.88 Å². The highest BCUT2D eigenvalue weighted by atomic mass is 16.5. The first-order valence-electron chi connectivity index (χ1n) is 6.62. The Kier molecular flexibility index (Phi) is 4.70. The summed E-state index contributed by atoms with van der Waals surface area (Å²) in [7, 11) is 0. The lowest BCUT2D eigenvalue weighted by Gasteiger charge is -2.32. The van der Waals surface area contributed by atoms with E-state index in [9.17, 15) is 4.79 Å². The molecule has 4 heteroatoms. The highest BCUT2D eigenvalue weighted by Gasteiger charge is 2.24. The van der Waals surface area contributed by atoms with Crippen LogP contribution in [-0.4, -0.2) is 41.6 Å². The van der Waals surface area contributed by atoms with Crippen LogP contribution in [0.1, 0.15) is 36.5 Å². The molecule has 2 heterocycles. The van der Waals surface area contributed by atoms with Crippen LogP contribution in [0.4, 0.5) is 0 Å². The van der Waals surface area contributed by atoms with E-state index in [0.717, 1.165) is 32.4 Å². The molecule has 0 radical (unpaired) electrons. The topological polar surface area (TPSA) is 42.4 Å². The van der Waals surface area contributed by atoms with Gasteiger partial charge in [-0.2, -0.15) is 0 Å². The Hall–Kier alpha value is -1.42. The number of carbonyl (C=O) groups is 1. The van der Waals surface area contributed by atoms with Crippen molar-refractivity contribution < 1.29 is 9.53 Å². The minimum absolute atomic E-state index is 0.0854. The third-order valence-electron chi connectivity index (χ3n) is 3.15. The zero-order valence-corrected chi connectivity index (χ0v) is 10.8. The molecule has 1 atom stereocenters. The summed E-state index contributed by atoms with van der Waals surface area (Å²) < 4.78 is 5.74. The molecule has 0 saturated carbocycles. The lowest BCUT2D eigenvalue weighted by molar-refractivity contribution is 0.00211. The first-order chi connectivity index (χ1) is 8.81. The fourth-order valence-electron chi connectivity index (χ4n) is 2.22. The van der Waals surface area contributed by atoms with E-state index in [0.29, 0.717) is 12.1 Å². The second-order valence-electron chi connectivity index (χ2n) is 4.62. The van der Waals surface area contributed by atoms with Crippen LogP contribution in [-0.2, 0) is 4.74 Å². The van der Waals surface area contributed by atoms with Gasteiger partial charge in [0.15, 0.2) is 0 Å². The van der Waals surface area contributed by atoms with Crippen molar-refractivity contribution in [3.63, 3.8) is 0 Å². The fraction of sp³-hybridized carbons (Fsp3) is 0.571. The number of amides is 1. The van der Waals surface area contributed by atoms with E-state index < -0.39 is 0 Å². The van der Waals surface area contributed by atoms with Crippen molar-refractivity contribution in [3.05, 3.63) is 30.1 Å². The van der Waals surface area contributed by atoms with Gasteiger partial charge in [-0.25, -0.2) is 0 Å². The van der Waals surface area contributed by atoms with Gasteiger partial charge < -0.3 is 9.64 Å². The van der Waals surface area contributed by atoms with Crippen molar-refractivity contribution in [2.75, 3.05) is 19.7 Å². The Bertz CT molecular complexity index is 381. The van der Waals surface area contributed by atoms with E-state index in [-0.39, 0.29) is 12.0 Å². The number of carbonyl (C=O) groups excluding carboxylic acids is 1. The zero-order valence-electron chi connectivity index (χ0n) is 10.8. The molecule has 0 spiro atoms. The first kappa shape index (κ1) is 13.0. The third kappa shape index (κ3) is 3.29. The standard InChI is InChI=1S/C14H20N2O2/c1-2-10-18-13-4-3-9-16(11-13)14(17)12-5-7-15-8-6-12/h5-8,13H,2-4,9-11H2,1H3. The van der Waals surface area contributed by atoms with Gasteiger partial charge in [0, 0.05) is 37.7 Å². The van der Waals surface area contributed by atoms with Gasteiger partial charge in [0.25, 0.3) is 5.91 Å². The zero-order chi connectivity index (χ0) is 12.8. The van der Waals surface area contributed by atoms with Crippen LogP contribution in [0.2, 0.25) is 0 Å². The summed E-state index contributed by atoms with van der Waals surface area (Å²) >= 11 is 0. The molecule has 0 aromatic carbocycles. The van der Waals surface area contributed by atoms with E-state index in [4.69, 9.17) is 4.74 Å². The molecule has 1 aliphatic heterocycles. The number of likely N-dealkylation sites (tertiary alicyclic amines) is 1. The molecule has 1 unspecified atom stereocenters. The summed E-state index contributed by atoms with van der Waals surface area (Å²) in [5.74, 6) is 0.0854. The molecular formula is C14H20N2O2. The largest absolute Gasteiger partial charge is 0.376 e. The van der Waals surface area contributed by atoms with Crippen LogP contribution in [0.15, 0.2) is 24.5 Å². The lowest BCUT2D eigenvalue weighted by atomic mass is 10.1. The molecule has 2 rings (SSSR count). The Morgan fingerprint density at radius 2 is 2.28 bits per heavy atom. The van der Waals surface area contributed by atoms with Crippen LogP contribution in [0.5, 0.6) is 0 Å². The summed E-state index contributed by atoms with van der Waals surface area (Å²) in [5.41, 5.74) is 0.709. The molecule has 1 amide bonds. The van der Waals surface area contributed by atoms with Gasteiger partial charge in [-0.1, -0.05) is 6.92 Å². The number of rotatable bonds is 4. The van der Waals surface area contributed by atoms with Crippen molar-refractivity contribution in [2.24, 2.45) is 0 Å². The maximum absolute atomic E-state index is 12.3. The number of hydrogen-bond acceptors (Lipinski definition) is 3. The van der Waals surface area contributed by atoms with E-state index in [1.807, 2.05) is 4.90 Å². The molecule has 18 heavy (non-hydrogen) atoms. The Labute approximate surface area is 108 Å². The quantitative estimate of drug-likeness (QED) is 0.819. The van der Waals surface area contributed by atoms with E-state index in [1.54, 1.807) is 24.5 Å². The summed E-state index contributed by atoms with van der Waals surface area (Å²) in [4.78, 5) is 18.1. The summed E-state index contributed by atoms with van der Waals surface area (Å²) in [6, 6.07) is 3.53. The molecule has 98 valence electrons. The van der Waals surface area contributed by atoms with Gasteiger partial charge >= 0.3 is 0 Å². The molecule has 0 bridgehead atoms. The molecule has 1 aromatic rings. The van der Waals surface area contributed by atoms with Crippen molar-refractivity contribution >= 4 is 5.91 Å². The molecule has 1 fully saturated rings. The van der Waals surface area contributed by atoms with Gasteiger partial charge in [0.05, 0.1) is 6.10 Å². The SMILES string of the molecule is CCCOC1CCCN(C(=O)c2ccncc2)C1. The number of hydrogen-bond donors (Lipinski definition) is 0. The molecule has 0 aliphatic carbocycles. The van der Waals surface area contributed by atoms with Gasteiger partial charge in [0.2, 0.25) is 0 Å². The van der Waals surface area contributed by atoms with Crippen LogP contribution >= 0.6 is 0 Å². The van der Waals surface area contributed by atoms with Crippen LogP contribution in [0.3, 0.4) is 0 Å².